The van der Waals surface area contributed by atoms with Crippen LogP contribution < -0.4 is 31.0 Å². The van der Waals surface area contributed by atoms with Crippen molar-refractivity contribution in [2.24, 2.45) is 16.5 Å². The summed E-state index contributed by atoms with van der Waals surface area (Å²) in [5.74, 6) is 1.92. The van der Waals surface area contributed by atoms with Gasteiger partial charge in [-0.2, -0.15) is 0 Å². The Bertz CT molecular complexity index is 1040. The first kappa shape index (κ1) is 26.8. The van der Waals surface area contributed by atoms with E-state index in [9.17, 15) is 5.11 Å². The highest BCUT2D eigenvalue weighted by Gasteiger charge is 2.11. The van der Waals surface area contributed by atoms with Crippen LogP contribution in [0.25, 0.3) is 0 Å². The van der Waals surface area contributed by atoms with Gasteiger partial charge in [0.15, 0.2) is 17.5 Å². The van der Waals surface area contributed by atoms with Crippen molar-refractivity contribution in [3.63, 3.8) is 0 Å². The van der Waals surface area contributed by atoms with E-state index in [1.165, 1.54) is 11.1 Å². The van der Waals surface area contributed by atoms with E-state index in [1.807, 2.05) is 54.6 Å². The number of nitrogens with zero attached hydrogens (tertiary/aromatic N) is 1. The van der Waals surface area contributed by atoms with E-state index in [2.05, 4.69) is 34.6 Å². The highest BCUT2D eigenvalue weighted by Crippen LogP contribution is 2.32. The summed E-state index contributed by atoms with van der Waals surface area (Å²) in [5.41, 5.74) is 13.0. The summed E-state index contributed by atoms with van der Waals surface area (Å²) in [7, 11) is 0. The second-order valence-electron chi connectivity index (χ2n) is 8.25. The molecular weight excluding hydrogens is 456 g/mol. The molecular formula is C28H36N4O4. The van der Waals surface area contributed by atoms with Gasteiger partial charge in [-0.3, -0.25) is 4.99 Å². The summed E-state index contributed by atoms with van der Waals surface area (Å²) in [6.45, 7) is 2.54. The highest BCUT2D eigenvalue weighted by molar-refractivity contribution is 5.75. The van der Waals surface area contributed by atoms with Gasteiger partial charge < -0.3 is 36.1 Å². The minimum absolute atomic E-state index is 0.0509. The normalized spacial score (nSPS) is 11.5. The zero-order valence-corrected chi connectivity index (χ0v) is 20.5. The van der Waals surface area contributed by atoms with Crippen LogP contribution in [0.4, 0.5) is 0 Å². The van der Waals surface area contributed by atoms with E-state index in [0.29, 0.717) is 50.1 Å². The maximum absolute atomic E-state index is 10.2. The molecule has 0 saturated carbocycles. The molecule has 3 aromatic rings. The second kappa shape index (κ2) is 15.3. The predicted molar refractivity (Wildman–Crippen MR) is 143 cm³/mol. The van der Waals surface area contributed by atoms with E-state index >= 15 is 0 Å². The lowest BCUT2D eigenvalue weighted by Gasteiger charge is -2.16. The Kier molecular flexibility index (Phi) is 11.4. The molecule has 192 valence electrons. The fraction of sp³-hybridized carbons (Fsp3) is 0.321. The quantitative estimate of drug-likeness (QED) is 0.138. The number of benzene rings is 3. The summed E-state index contributed by atoms with van der Waals surface area (Å²) in [6, 6.07) is 25.9. The van der Waals surface area contributed by atoms with Gasteiger partial charge in [0.25, 0.3) is 0 Å². The first-order chi connectivity index (χ1) is 17.6. The molecule has 0 radical (unpaired) electrons. The van der Waals surface area contributed by atoms with Crippen LogP contribution in [0, 0.1) is 0 Å². The average molecular weight is 493 g/mol. The zero-order valence-electron chi connectivity index (χ0n) is 20.5. The monoisotopic (exact) mass is 492 g/mol. The molecule has 3 rings (SSSR count). The van der Waals surface area contributed by atoms with Gasteiger partial charge in [-0.1, -0.05) is 60.7 Å². The number of nitrogens with two attached hydrogens (primary N) is 2. The Labute approximate surface area is 212 Å². The van der Waals surface area contributed by atoms with E-state index in [-0.39, 0.29) is 12.6 Å². The van der Waals surface area contributed by atoms with Crippen LogP contribution in [0.15, 0.2) is 83.9 Å². The molecule has 0 unspecified atom stereocenters. The number of nitrogens with one attached hydrogen (secondary N) is 1. The van der Waals surface area contributed by atoms with Crippen molar-refractivity contribution >= 4 is 5.96 Å². The Morgan fingerprint density at radius 2 is 1.42 bits per heavy atom. The molecule has 0 heterocycles. The fourth-order valence-electron chi connectivity index (χ4n) is 3.44. The van der Waals surface area contributed by atoms with E-state index < -0.39 is 6.10 Å². The van der Waals surface area contributed by atoms with Crippen molar-refractivity contribution in [2.45, 2.75) is 18.9 Å². The van der Waals surface area contributed by atoms with Gasteiger partial charge in [0, 0.05) is 32.0 Å². The molecule has 36 heavy (non-hydrogen) atoms. The summed E-state index contributed by atoms with van der Waals surface area (Å²) in [6.07, 6.45) is 0.887. The predicted octanol–water partition coefficient (Wildman–Crippen LogP) is 2.53. The van der Waals surface area contributed by atoms with Gasteiger partial charge in [0.2, 0.25) is 0 Å². The smallest absolute Gasteiger partial charge is 0.185 e. The number of rotatable bonds is 16. The first-order valence-electron chi connectivity index (χ1n) is 12.1. The number of aliphatic imine (C=N–C) groups is 1. The van der Waals surface area contributed by atoms with Crippen LogP contribution in [-0.4, -0.2) is 56.6 Å². The van der Waals surface area contributed by atoms with Crippen LogP contribution in [0.5, 0.6) is 17.2 Å². The Hall–Kier alpha value is -3.75. The number of hydrogen-bond acceptors (Lipinski definition) is 6. The van der Waals surface area contributed by atoms with Gasteiger partial charge in [-0.15, -0.1) is 0 Å². The molecule has 0 aliphatic rings. The minimum atomic E-state index is -0.687. The third-order valence-electron chi connectivity index (χ3n) is 5.30. The summed E-state index contributed by atoms with van der Waals surface area (Å²) < 4.78 is 17.9. The number of aliphatic hydroxyl groups is 1. The molecule has 0 saturated heterocycles. The van der Waals surface area contributed by atoms with Crippen LogP contribution >= 0.6 is 0 Å². The maximum atomic E-state index is 10.2. The Balaban J connectivity index is 1.53. The molecule has 8 heteroatoms. The first-order valence-corrected chi connectivity index (χ1v) is 12.1. The Morgan fingerprint density at radius 1 is 0.806 bits per heavy atom. The molecule has 0 aliphatic heterocycles. The van der Waals surface area contributed by atoms with Crippen molar-refractivity contribution in [3.05, 3.63) is 90.0 Å². The number of guanidine groups is 1. The molecule has 0 amide bonds. The van der Waals surface area contributed by atoms with Crippen molar-refractivity contribution in [1.29, 1.82) is 0 Å². The number of hydrogen-bond donors (Lipinski definition) is 4. The topological polar surface area (TPSA) is 124 Å². The lowest BCUT2D eigenvalue weighted by atomic mass is 10.2. The van der Waals surface area contributed by atoms with Crippen LogP contribution in [0.1, 0.15) is 11.1 Å². The van der Waals surface area contributed by atoms with Crippen molar-refractivity contribution in [1.82, 2.24) is 5.32 Å². The third-order valence-corrected chi connectivity index (χ3v) is 5.30. The SMILES string of the molecule is NC(N)=NCCNC[C@@H](O)COc1ccc(OCCc2ccccc2)c(OCCc2ccccc2)c1. The summed E-state index contributed by atoms with van der Waals surface area (Å²) in [5, 5.41) is 13.3. The van der Waals surface area contributed by atoms with E-state index in [1.54, 1.807) is 0 Å². The zero-order chi connectivity index (χ0) is 25.4. The molecule has 0 aromatic heterocycles. The molecule has 6 N–H and O–H groups in total. The fourth-order valence-corrected chi connectivity index (χ4v) is 3.44. The summed E-state index contributed by atoms with van der Waals surface area (Å²) >= 11 is 0. The summed E-state index contributed by atoms with van der Waals surface area (Å²) in [4.78, 5) is 3.89. The van der Waals surface area contributed by atoms with Gasteiger partial charge in [-0.05, 0) is 23.3 Å². The highest BCUT2D eigenvalue weighted by atomic mass is 16.5. The van der Waals surface area contributed by atoms with Crippen LogP contribution in [-0.2, 0) is 12.8 Å². The molecule has 0 spiro atoms. The maximum Gasteiger partial charge on any atom is 0.185 e. The van der Waals surface area contributed by atoms with Gasteiger partial charge in [-0.25, -0.2) is 0 Å². The van der Waals surface area contributed by atoms with E-state index in [0.717, 1.165) is 12.8 Å². The van der Waals surface area contributed by atoms with E-state index in [4.69, 9.17) is 25.7 Å². The van der Waals surface area contributed by atoms with Crippen molar-refractivity contribution in [3.8, 4) is 17.2 Å². The van der Waals surface area contributed by atoms with Crippen molar-refractivity contribution < 1.29 is 19.3 Å². The van der Waals surface area contributed by atoms with Crippen LogP contribution in [0.2, 0.25) is 0 Å². The molecule has 1 atom stereocenters. The second-order valence-corrected chi connectivity index (χ2v) is 8.25. The molecule has 0 bridgehead atoms. The largest absolute Gasteiger partial charge is 0.491 e. The Morgan fingerprint density at radius 3 is 2.03 bits per heavy atom. The van der Waals surface area contributed by atoms with Crippen LogP contribution in [0.3, 0.4) is 0 Å². The molecule has 0 fully saturated rings. The molecule has 8 nitrogen and oxygen atoms in total. The van der Waals surface area contributed by atoms with Gasteiger partial charge >= 0.3 is 0 Å². The van der Waals surface area contributed by atoms with Gasteiger partial charge in [0.1, 0.15) is 18.5 Å². The minimum Gasteiger partial charge on any atom is -0.491 e. The number of aliphatic hydroxyl groups excluding tert-OH is 1. The van der Waals surface area contributed by atoms with Crippen molar-refractivity contribution in [2.75, 3.05) is 39.5 Å². The lowest BCUT2D eigenvalue weighted by Crippen LogP contribution is -2.33. The number of ether oxygens (including phenoxy) is 3. The standard InChI is InChI=1S/C28H36N4O4/c29-28(30)32-16-15-31-20-24(33)21-36-25-11-12-26(34-17-13-22-7-3-1-4-8-22)27(19-25)35-18-14-23-9-5-2-6-10-23/h1-12,19,24,31,33H,13-18,20-21H2,(H4,29,30,32)/t24-/m1/s1. The average Bonchev–Trinajstić information content (AvgIpc) is 2.89. The van der Waals surface area contributed by atoms with Gasteiger partial charge in [0.05, 0.1) is 19.8 Å². The molecule has 3 aromatic carbocycles. The third kappa shape index (κ3) is 10.2. The molecule has 0 aliphatic carbocycles. The lowest BCUT2D eigenvalue weighted by molar-refractivity contribution is 0.106.